The molecule has 1 aromatic rings. The minimum atomic E-state index is -4.47. The lowest BCUT2D eigenvalue weighted by atomic mass is 10.0. The van der Waals surface area contributed by atoms with E-state index < -0.39 is 18.0 Å². The monoisotopic (exact) mass is 302 g/mol. The number of hydrogen-bond acceptors (Lipinski definition) is 5. The summed E-state index contributed by atoms with van der Waals surface area (Å²) in [7, 11) is 1.91. The van der Waals surface area contributed by atoms with E-state index in [-0.39, 0.29) is 17.9 Å². The molecule has 1 N–H and O–H groups in total. The van der Waals surface area contributed by atoms with Crippen molar-refractivity contribution < 1.29 is 17.9 Å². The molecular weight excluding hydrogens is 285 g/mol. The summed E-state index contributed by atoms with van der Waals surface area (Å²) in [6, 6.07) is 0. The number of nitrogens with zero attached hydrogens (tertiary/aromatic N) is 3. The van der Waals surface area contributed by atoms with Gasteiger partial charge in [-0.1, -0.05) is 0 Å². The van der Waals surface area contributed by atoms with Crippen LogP contribution in [0.4, 0.5) is 13.2 Å². The molecule has 0 bridgehead atoms. The second kappa shape index (κ2) is 5.51. The van der Waals surface area contributed by atoms with Gasteiger partial charge in [0.25, 0.3) is 0 Å². The Balaban J connectivity index is 2.01. The quantitative estimate of drug-likeness (QED) is 0.843. The maximum absolute atomic E-state index is 13.2. The zero-order valence-corrected chi connectivity index (χ0v) is 11.7. The molecule has 8 heteroatoms. The Morgan fingerprint density at radius 2 is 2.14 bits per heavy atom. The highest BCUT2D eigenvalue weighted by Crippen LogP contribution is 2.34. The number of hydrogen-bond donors (Lipinski definition) is 1. The maximum Gasteiger partial charge on any atom is 0.433 e. The van der Waals surface area contributed by atoms with Gasteiger partial charge in [-0.05, 0) is 7.05 Å². The van der Waals surface area contributed by atoms with E-state index in [0.717, 1.165) is 6.54 Å². The third kappa shape index (κ3) is 3.02. The fourth-order valence-electron chi connectivity index (χ4n) is 2.67. The number of halogens is 3. The molecule has 0 amide bonds. The minimum Gasteiger partial charge on any atom is -0.368 e. The number of fused-ring (bicyclic) bond motifs is 1. The van der Waals surface area contributed by atoms with Crippen LogP contribution in [0.3, 0.4) is 0 Å². The van der Waals surface area contributed by atoms with E-state index in [1.165, 1.54) is 0 Å². The Bertz CT molecular complexity index is 535. The maximum atomic E-state index is 13.2. The van der Waals surface area contributed by atoms with Crippen molar-refractivity contribution in [2.24, 2.45) is 0 Å². The van der Waals surface area contributed by atoms with Gasteiger partial charge < -0.3 is 15.0 Å². The largest absolute Gasteiger partial charge is 0.433 e. The molecule has 3 rings (SSSR count). The second-order valence-corrected chi connectivity index (χ2v) is 5.40. The van der Waals surface area contributed by atoms with Gasteiger partial charge in [-0.3, -0.25) is 0 Å². The smallest absolute Gasteiger partial charge is 0.368 e. The highest BCUT2D eigenvalue weighted by molar-refractivity contribution is 5.30. The summed E-state index contributed by atoms with van der Waals surface area (Å²) in [6.07, 6.45) is -4.48. The molecular formula is C13H17F3N4O. The van der Waals surface area contributed by atoms with Crippen molar-refractivity contribution in [1.82, 2.24) is 20.2 Å². The molecule has 2 aliphatic rings. The van der Waals surface area contributed by atoms with Gasteiger partial charge >= 0.3 is 6.18 Å². The van der Waals surface area contributed by atoms with Gasteiger partial charge in [0, 0.05) is 38.2 Å². The van der Waals surface area contributed by atoms with Crippen LogP contribution in [0.15, 0.2) is 0 Å². The molecule has 1 atom stereocenters. The van der Waals surface area contributed by atoms with Crippen molar-refractivity contribution in [3.05, 3.63) is 22.8 Å². The Kier molecular flexibility index (Phi) is 3.85. The molecule has 5 nitrogen and oxygen atoms in total. The van der Waals surface area contributed by atoms with Gasteiger partial charge in [-0.25, -0.2) is 9.97 Å². The Morgan fingerprint density at radius 1 is 1.33 bits per heavy atom. The first kappa shape index (κ1) is 14.7. The molecule has 0 radical (unpaired) electrons. The predicted molar refractivity (Wildman–Crippen MR) is 68.6 cm³/mol. The van der Waals surface area contributed by atoms with Crippen LogP contribution in [0.25, 0.3) is 0 Å². The van der Waals surface area contributed by atoms with Gasteiger partial charge in [0.1, 0.15) is 6.10 Å². The lowest BCUT2D eigenvalue weighted by Crippen LogP contribution is -2.37. The minimum absolute atomic E-state index is 0.148. The number of aromatic nitrogens is 2. The zero-order chi connectivity index (χ0) is 15.0. The summed E-state index contributed by atoms with van der Waals surface area (Å²) in [5, 5.41) is 2.94. The molecule has 116 valence electrons. The number of ether oxygens (including phenoxy) is 1. The van der Waals surface area contributed by atoms with E-state index in [2.05, 4.69) is 15.3 Å². The van der Waals surface area contributed by atoms with Crippen LogP contribution in [0.2, 0.25) is 0 Å². The van der Waals surface area contributed by atoms with Crippen LogP contribution in [0, 0.1) is 0 Å². The van der Waals surface area contributed by atoms with E-state index in [4.69, 9.17) is 4.74 Å². The van der Waals surface area contributed by atoms with E-state index in [1.54, 1.807) is 0 Å². The molecule has 1 fully saturated rings. The summed E-state index contributed by atoms with van der Waals surface area (Å²) in [4.78, 5) is 10.1. The Labute approximate surface area is 120 Å². The summed E-state index contributed by atoms with van der Waals surface area (Å²) >= 11 is 0. The average molecular weight is 302 g/mol. The van der Waals surface area contributed by atoms with Crippen molar-refractivity contribution in [2.75, 3.05) is 33.3 Å². The first-order valence-electron chi connectivity index (χ1n) is 6.93. The van der Waals surface area contributed by atoms with Gasteiger partial charge in [-0.2, -0.15) is 13.2 Å². The third-order valence-corrected chi connectivity index (χ3v) is 3.78. The topological polar surface area (TPSA) is 50.3 Å². The molecule has 2 aliphatic heterocycles. The number of morpholine rings is 1. The number of nitrogens with one attached hydrogen (secondary N) is 1. The van der Waals surface area contributed by atoms with E-state index >= 15 is 0 Å². The first-order valence-corrected chi connectivity index (χ1v) is 6.93. The summed E-state index contributed by atoms with van der Waals surface area (Å²) in [6.45, 7) is 2.54. The van der Waals surface area contributed by atoms with Crippen LogP contribution >= 0.6 is 0 Å². The molecule has 0 saturated carbocycles. The first-order chi connectivity index (χ1) is 9.95. The van der Waals surface area contributed by atoms with Crippen LogP contribution in [0.5, 0.6) is 0 Å². The highest BCUT2D eigenvalue weighted by atomic mass is 19.4. The average Bonchev–Trinajstić information content (AvgIpc) is 2.45. The molecule has 0 aromatic carbocycles. The molecule has 1 aromatic heterocycles. The second-order valence-electron chi connectivity index (χ2n) is 5.40. The predicted octanol–water partition coefficient (Wildman–Crippen LogP) is 1.14. The molecule has 0 spiro atoms. The molecule has 3 heterocycles. The molecule has 1 saturated heterocycles. The number of likely N-dealkylation sites (N-methyl/N-ethyl adjacent to an activating group) is 1. The van der Waals surface area contributed by atoms with Crippen molar-refractivity contribution in [1.29, 1.82) is 0 Å². The normalized spacial score (nSPS) is 23.9. The van der Waals surface area contributed by atoms with Gasteiger partial charge in [0.05, 0.1) is 12.3 Å². The molecule has 0 aliphatic carbocycles. The van der Waals surface area contributed by atoms with E-state index in [1.807, 2.05) is 11.9 Å². The van der Waals surface area contributed by atoms with Crippen LogP contribution in [-0.2, 0) is 23.9 Å². The molecule has 1 unspecified atom stereocenters. The van der Waals surface area contributed by atoms with Crippen molar-refractivity contribution in [3.63, 3.8) is 0 Å². The highest BCUT2D eigenvalue weighted by Gasteiger charge is 2.39. The molecule has 21 heavy (non-hydrogen) atoms. The Hall–Kier alpha value is -1.25. The zero-order valence-electron chi connectivity index (χ0n) is 11.7. The number of rotatable bonds is 1. The summed E-state index contributed by atoms with van der Waals surface area (Å²) < 4.78 is 45.2. The lowest BCUT2D eigenvalue weighted by Gasteiger charge is -2.30. The van der Waals surface area contributed by atoms with Crippen LogP contribution < -0.4 is 5.32 Å². The Morgan fingerprint density at radius 3 is 2.86 bits per heavy atom. The van der Waals surface area contributed by atoms with E-state index in [9.17, 15) is 13.2 Å². The number of alkyl halides is 3. The van der Waals surface area contributed by atoms with Gasteiger partial charge in [-0.15, -0.1) is 0 Å². The van der Waals surface area contributed by atoms with Crippen LogP contribution in [0.1, 0.15) is 28.9 Å². The summed E-state index contributed by atoms with van der Waals surface area (Å²) in [5.41, 5.74) is -0.170. The van der Waals surface area contributed by atoms with Crippen molar-refractivity contribution in [2.45, 2.75) is 25.2 Å². The SMILES string of the molecule is CN1CCOC(c2nc3c(c(C(F)(F)F)n2)CNCC3)C1. The third-order valence-electron chi connectivity index (χ3n) is 3.78. The standard InChI is InChI=1S/C13H17F3N4O/c1-20-4-5-21-10(7-20)12-18-9-2-3-17-6-8(9)11(19-12)13(14,15)16/h10,17H,2-7H2,1H3. The van der Waals surface area contributed by atoms with Crippen LogP contribution in [-0.4, -0.2) is 48.2 Å². The fraction of sp³-hybridized carbons (Fsp3) is 0.692. The lowest BCUT2D eigenvalue weighted by molar-refractivity contribution is -0.142. The van der Waals surface area contributed by atoms with Crippen molar-refractivity contribution in [3.8, 4) is 0 Å². The summed E-state index contributed by atoms with van der Waals surface area (Å²) in [5.74, 6) is 0.148. The van der Waals surface area contributed by atoms with E-state index in [0.29, 0.717) is 31.8 Å². The fourth-order valence-corrected chi connectivity index (χ4v) is 2.67. The van der Waals surface area contributed by atoms with Gasteiger partial charge in [0.2, 0.25) is 0 Å². The van der Waals surface area contributed by atoms with Gasteiger partial charge in [0.15, 0.2) is 11.5 Å². The van der Waals surface area contributed by atoms with Crippen molar-refractivity contribution >= 4 is 0 Å².